The molecule has 0 saturated carbocycles. The van der Waals surface area contributed by atoms with Crippen LogP contribution in [0.25, 0.3) is 0 Å². The van der Waals surface area contributed by atoms with E-state index in [1.165, 1.54) is 0 Å². The smallest absolute Gasteiger partial charge is 0.225 e. The highest BCUT2D eigenvalue weighted by Crippen LogP contribution is 2.32. The van der Waals surface area contributed by atoms with Gasteiger partial charge in [-0.1, -0.05) is 0 Å². The van der Waals surface area contributed by atoms with Crippen molar-refractivity contribution in [1.29, 1.82) is 0 Å². The Morgan fingerprint density at radius 3 is 3.12 bits per heavy atom. The van der Waals surface area contributed by atoms with E-state index in [-0.39, 0.29) is 5.41 Å². The minimum atomic E-state index is 0.246. The van der Waals surface area contributed by atoms with Gasteiger partial charge in [-0.3, -0.25) is 0 Å². The Labute approximate surface area is 101 Å². The van der Waals surface area contributed by atoms with Gasteiger partial charge in [-0.25, -0.2) is 9.97 Å². The predicted octanol–water partition coefficient (Wildman–Crippen LogP) is 0.293. The van der Waals surface area contributed by atoms with Gasteiger partial charge in [-0.15, -0.1) is 0 Å². The SMILES string of the molecule is c1cnc(N2CC[C@@]3(CNCCOC3)C2)nc1. The number of rotatable bonds is 1. The molecule has 0 unspecified atom stereocenters. The highest BCUT2D eigenvalue weighted by atomic mass is 16.5. The molecule has 0 aliphatic carbocycles. The van der Waals surface area contributed by atoms with Gasteiger partial charge >= 0.3 is 0 Å². The molecule has 2 aliphatic rings. The first-order valence-corrected chi connectivity index (χ1v) is 6.19. The summed E-state index contributed by atoms with van der Waals surface area (Å²) in [5, 5.41) is 3.46. The molecule has 1 atom stereocenters. The zero-order valence-corrected chi connectivity index (χ0v) is 9.93. The van der Waals surface area contributed by atoms with Crippen LogP contribution in [0.4, 0.5) is 5.95 Å². The topological polar surface area (TPSA) is 50.3 Å². The van der Waals surface area contributed by atoms with Gasteiger partial charge in [0.2, 0.25) is 5.95 Å². The third-order valence-corrected chi connectivity index (χ3v) is 3.60. The Bertz CT molecular complexity index is 362. The van der Waals surface area contributed by atoms with Gasteiger partial charge in [-0.05, 0) is 12.5 Å². The van der Waals surface area contributed by atoms with Crippen molar-refractivity contribution in [3.8, 4) is 0 Å². The molecule has 0 aromatic carbocycles. The molecule has 5 nitrogen and oxygen atoms in total. The molecule has 5 heteroatoms. The molecular weight excluding hydrogens is 216 g/mol. The van der Waals surface area contributed by atoms with E-state index in [4.69, 9.17) is 4.74 Å². The molecule has 3 heterocycles. The van der Waals surface area contributed by atoms with Gasteiger partial charge in [0.05, 0.1) is 13.2 Å². The summed E-state index contributed by atoms with van der Waals surface area (Å²) in [5.74, 6) is 0.841. The molecule has 1 aromatic rings. The fourth-order valence-electron chi connectivity index (χ4n) is 2.66. The highest BCUT2D eigenvalue weighted by molar-refractivity contribution is 5.31. The molecule has 2 fully saturated rings. The fourth-order valence-corrected chi connectivity index (χ4v) is 2.66. The molecule has 1 aromatic heterocycles. The first kappa shape index (κ1) is 10.9. The van der Waals surface area contributed by atoms with Crippen LogP contribution in [-0.4, -0.2) is 49.4 Å². The number of aromatic nitrogens is 2. The zero-order chi connectivity index (χ0) is 11.6. The summed E-state index contributed by atoms with van der Waals surface area (Å²) in [5.41, 5.74) is 0.246. The summed E-state index contributed by atoms with van der Waals surface area (Å²) in [4.78, 5) is 10.9. The number of hydrogen-bond acceptors (Lipinski definition) is 5. The lowest BCUT2D eigenvalue weighted by Gasteiger charge is -2.26. The van der Waals surface area contributed by atoms with Crippen LogP contribution < -0.4 is 10.2 Å². The minimum absolute atomic E-state index is 0.246. The van der Waals surface area contributed by atoms with Crippen molar-refractivity contribution >= 4 is 5.95 Å². The Morgan fingerprint density at radius 1 is 1.35 bits per heavy atom. The Hall–Kier alpha value is -1.20. The summed E-state index contributed by atoms with van der Waals surface area (Å²) in [6.45, 7) is 5.69. The average Bonchev–Trinajstić information content (AvgIpc) is 2.65. The molecule has 0 amide bonds. The number of ether oxygens (including phenoxy) is 1. The Morgan fingerprint density at radius 2 is 2.24 bits per heavy atom. The van der Waals surface area contributed by atoms with E-state index in [2.05, 4.69) is 20.2 Å². The standard InChI is InChI=1S/C12H18N4O/c1-3-14-11(15-4-1)16-6-2-12(9-16)8-13-5-7-17-10-12/h1,3-4,13H,2,5-10H2/t12-/m1/s1. The van der Waals surface area contributed by atoms with Crippen molar-refractivity contribution in [3.63, 3.8) is 0 Å². The van der Waals surface area contributed by atoms with Crippen molar-refractivity contribution in [3.05, 3.63) is 18.5 Å². The lowest BCUT2D eigenvalue weighted by atomic mass is 9.88. The average molecular weight is 234 g/mol. The normalized spacial score (nSPS) is 29.5. The largest absolute Gasteiger partial charge is 0.379 e. The molecule has 17 heavy (non-hydrogen) atoms. The molecule has 1 spiro atoms. The molecule has 2 aliphatic heterocycles. The summed E-state index contributed by atoms with van der Waals surface area (Å²) in [6.07, 6.45) is 4.75. The van der Waals surface area contributed by atoms with Crippen molar-refractivity contribution in [2.75, 3.05) is 44.3 Å². The molecule has 0 radical (unpaired) electrons. The van der Waals surface area contributed by atoms with E-state index in [9.17, 15) is 0 Å². The van der Waals surface area contributed by atoms with Crippen LogP contribution >= 0.6 is 0 Å². The second-order valence-corrected chi connectivity index (χ2v) is 4.95. The third kappa shape index (κ3) is 2.25. The summed E-state index contributed by atoms with van der Waals surface area (Å²) in [6, 6.07) is 1.85. The molecule has 3 rings (SSSR count). The molecule has 2 saturated heterocycles. The van der Waals surface area contributed by atoms with Crippen LogP contribution in [0.3, 0.4) is 0 Å². The number of nitrogens with one attached hydrogen (secondary N) is 1. The number of nitrogens with zero attached hydrogens (tertiary/aromatic N) is 3. The van der Waals surface area contributed by atoms with Crippen LogP contribution in [-0.2, 0) is 4.74 Å². The molecule has 0 bridgehead atoms. The van der Waals surface area contributed by atoms with E-state index < -0.39 is 0 Å². The van der Waals surface area contributed by atoms with Gasteiger partial charge in [0.25, 0.3) is 0 Å². The van der Waals surface area contributed by atoms with E-state index in [1.54, 1.807) is 12.4 Å². The van der Waals surface area contributed by atoms with Crippen LogP contribution in [0.1, 0.15) is 6.42 Å². The summed E-state index contributed by atoms with van der Waals surface area (Å²) >= 11 is 0. The van der Waals surface area contributed by atoms with E-state index in [0.29, 0.717) is 0 Å². The molecule has 1 N–H and O–H groups in total. The quantitative estimate of drug-likeness (QED) is 0.757. The van der Waals surface area contributed by atoms with Gasteiger partial charge in [0, 0.05) is 44.0 Å². The fraction of sp³-hybridized carbons (Fsp3) is 0.667. The maximum absolute atomic E-state index is 5.69. The van der Waals surface area contributed by atoms with Gasteiger partial charge < -0.3 is 15.0 Å². The van der Waals surface area contributed by atoms with Gasteiger partial charge in [-0.2, -0.15) is 0 Å². The van der Waals surface area contributed by atoms with Gasteiger partial charge in [0.1, 0.15) is 0 Å². The van der Waals surface area contributed by atoms with Crippen LogP contribution in [0.2, 0.25) is 0 Å². The van der Waals surface area contributed by atoms with Crippen molar-refractivity contribution < 1.29 is 4.74 Å². The molecular formula is C12H18N4O. The Balaban J connectivity index is 1.72. The van der Waals surface area contributed by atoms with Crippen molar-refractivity contribution in [2.45, 2.75) is 6.42 Å². The van der Waals surface area contributed by atoms with Crippen molar-refractivity contribution in [1.82, 2.24) is 15.3 Å². The number of anilines is 1. The first-order chi connectivity index (χ1) is 8.38. The third-order valence-electron chi connectivity index (χ3n) is 3.60. The lowest BCUT2D eigenvalue weighted by molar-refractivity contribution is 0.0811. The van der Waals surface area contributed by atoms with Crippen LogP contribution in [0, 0.1) is 5.41 Å². The monoisotopic (exact) mass is 234 g/mol. The lowest BCUT2D eigenvalue weighted by Crippen LogP contribution is -2.38. The number of hydrogen-bond donors (Lipinski definition) is 1. The summed E-state index contributed by atoms with van der Waals surface area (Å²) in [7, 11) is 0. The zero-order valence-electron chi connectivity index (χ0n) is 9.93. The second kappa shape index (κ2) is 4.58. The van der Waals surface area contributed by atoms with E-state index in [0.717, 1.165) is 51.8 Å². The Kier molecular flexibility index (Phi) is 2.94. The first-order valence-electron chi connectivity index (χ1n) is 6.19. The van der Waals surface area contributed by atoms with Crippen molar-refractivity contribution in [2.24, 2.45) is 5.41 Å². The van der Waals surface area contributed by atoms with E-state index >= 15 is 0 Å². The van der Waals surface area contributed by atoms with E-state index in [1.807, 2.05) is 6.07 Å². The second-order valence-electron chi connectivity index (χ2n) is 4.95. The maximum Gasteiger partial charge on any atom is 0.225 e. The summed E-state index contributed by atoms with van der Waals surface area (Å²) < 4.78 is 5.69. The van der Waals surface area contributed by atoms with Gasteiger partial charge in [0.15, 0.2) is 0 Å². The maximum atomic E-state index is 5.69. The minimum Gasteiger partial charge on any atom is -0.379 e. The molecule has 92 valence electrons. The predicted molar refractivity (Wildman–Crippen MR) is 65.0 cm³/mol. The van der Waals surface area contributed by atoms with Crippen LogP contribution in [0.5, 0.6) is 0 Å². The highest BCUT2D eigenvalue weighted by Gasteiger charge is 2.39. The van der Waals surface area contributed by atoms with Crippen LogP contribution in [0.15, 0.2) is 18.5 Å².